The lowest BCUT2D eigenvalue weighted by atomic mass is 10.0. The molecule has 146 valence electrons. The average molecular weight is 389 g/mol. The van der Waals surface area contributed by atoms with E-state index in [-0.39, 0.29) is 11.7 Å². The molecule has 0 aliphatic carbocycles. The summed E-state index contributed by atoms with van der Waals surface area (Å²) in [5.41, 5.74) is 4.27. The summed E-state index contributed by atoms with van der Waals surface area (Å²) in [6.07, 6.45) is 4.20. The Morgan fingerprint density at radius 1 is 1.21 bits per heavy atom. The van der Waals surface area contributed by atoms with Crippen LogP contribution in [0.5, 0.6) is 0 Å². The van der Waals surface area contributed by atoms with Gasteiger partial charge in [-0.05, 0) is 12.1 Å². The van der Waals surface area contributed by atoms with E-state index in [1.165, 1.54) is 0 Å². The minimum absolute atomic E-state index is 0.171. The Bertz CT molecular complexity index is 1190. The third-order valence-corrected chi connectivity index (χ3v) is 5.11. The van der Waals surface area contributed by atoms with Crippen LogP contribution in [-0.2, 0) is 13.0 Å². The normalized spacial score (nSPS) is 13.5. The molecule has 4 aromatic rings. The first-order chi connectivity index (χ1) is 14.1. The molecule has 0 fully saturated rings. The van der Waals surface area contributed by atoms with Crippen LogP contribution in [0.25, 0.3) is 22.2 Å². The number of nitrogens with one attached hydrogen (secondary N) is 1. The maximum atomic E-state index is 13.1. The van der Waals surface area contributed by atoms with Crippen LogP contribution < -0.4 is 4.90 Å². The fourth-order valence-electron chi connectivity index (χ4n) is 3.57. The highest BCUT2D eigenvalue weighted by molar-refractivity contribution is 6.03. The van der Waals surface area contributed by atoms with Gasteiger partial charge in [0.1, 0.15) is 11.2 Å². The van der Waals surface area contributed by atoms with Crippen molar-refractivity contribution in [1.29, 1.82) is 0 Å². The molecule has 1 aromatic carbocycles. The second-order valence-corrected chi connectivity index (χ2v) is 7.20. The lowest BCUT2D eigenvalue weighted by molar-refractivity contribution is 0.0695. The van der Waals surface area contributed by atoms with Crippen LogP contribution in [-0.4, -0.2) is 56.8 Å². The molecule has 3 aromatic heterocycles. The summed E-state index contributed by atoms with van der Waals surface area (Å²) in [7, 11) is 3.78. The van der Waals surface area contributed by atoms with Crippen molar-refractivity contribution in [3.63, 3.8) is 0 Å². The zero-order chi connectivity index (χ0) is 20.0. The highest BCUT2D eigenvalue weighted by Crippen LogP contribution is 2.29. The maximum Gasteiger partial charge on any atom is 0.293 e. The molecule has 1 aliphatic rings. The van der Waals surface area contributed by atoms with E-state index in [0.29, 0.717) is 31.0 Å². The number of H-pyrrole nitrogens is 1. The number of anilines is 1. The molecule has 5 rings (SSSR count). The highest BCUT2D eigenvalue weighted by atomic mass is 16.5. The van der Waals surface area contributed by atoms with Crippen LogP contribution in [0.15, 0.2) is 41.2 Å². The van der Waals surface area contributed by atoms with Gasteiger partial charge in [0, 0.05) is 56.3 Å². The van der Waals surface area contributed by atoms with Crippen molar-refractivity contribution >= 4 is 22.8 Å². The van der Waals surface area contributed by atoms with Crippen LogP contribution in [0, 0.1) is 0 Å². The van der Waals surface area contributed by atoms with Crippen molar-refractivity contribution in [3.8, 4) is 11.3 Å². The van der Waals surface area contributed by atoms with Gasteiger partial charge in [-0.3, -0.25) is 9.89 Å². The lowest BCUT2D eigenvalue weighted by Gasteiger charge is -2.26. The maximum absolute atomic E-state index is 13.1. The standard InChI is InChI=1S/C20H19N7O2/c1-26(2)20-21-9-12(10-22-20)17-14-11-27(8-7-15(14)23-24-17)19(28)18-13-5-3-4-6-16(13)25-29-18/h3-6,9-10H,7-8,11H2,1-2H3,(H,23,24). The Balaban J connectivity index is 1.45. The number of rotatable bonds is 3. The molecule has 0 radical (unpaired) electrons. The Hall–Kier alpha value is -3.75. The van der Waals surface area contributed by atoms with E-state index in [0.717, 1.165) is 27.9 Å². The van der Waals surface area contributed by atoms with Crippen molar-refractivity contribution in [2.45, 2.75) is 13.0 Å². The number of hydrogen-bond donors (Lipinski definition) is 1. The molecule has 0 saturated carbocycles. The minimum atomic E-state index is -0.171. The molecule has 1 aliphatic heterocycles. The number of benzene rings is 1. The summed E-state index contributed by atoms with van der Waals surface area (Å²) in [6, 6.07) is 7.42. The molecule has 0 saturated heterocycles. The second kappa shape index (κ2) is 6.69. The Morgan fingerprint density at radius 3 is 2.79 bits per heavy atom. The van der Waals surface area contributed by atoms with Crippen molar-refractivity contribution < 1.29 is 9.32 Å². The van der Waals surface area contributed by atoms with Gasteiger partial charge in [-0.25, -0.2) is 9.97 Å². The number of amides is 1. The molecule has 0 bridgehead atoms. The Morgan fingerprint density at radius 2 is 2.00 bits per heavy atom. The SMILES string of the molecule is CN(C)c1ncc(-c2n[nH]c3c2CN(C(=O)c2onc4ccccc24)CC3)cn1. The van der Waals surface area contributed by atoms with Gasteiger partial charge < -0.3 is 14.3 Å². The van der Waals surface area contributed by atoms with Gasteiger partial charge in [-0.15, -0.1) is 0 Å². The molecule has 0 unspecified atom stereocenters. The topological polar surface area (TPSA) is 104 Å². The first kappa shape index (κ1) is 17.4. The molecular formula is C20H19N7O2. The van der Waals surface area contributed by atoms with Crippen molar-refractivity contribution in [3.05, 3.63) is 53.7 Å². The van der Waals surface area contributed by atoms with Crippen molar-refractivity contribution in [1.82, 2.24) is 30.2 Å². The van der Waals surface area contributed by atoms with E-state index in [2.05, 4.69) is 25.3 Å². The quantitative estimate of drug-likeness (QED) is 0.573. The van der Waals surface area contributed by atoms with Gasteiger partial charge in [-0.1, -0.05) is 17.3 Å². The summed E-state index contributed by atoms with van der Waals surface area (Å²) >= 11 is 0. The van der Waals surface area contributed by atoms with Gasteiger partial charge in [-0.2, -0.15) is 5.10 Å². The van der Waals surface area contributed by atoms with Crippen LogP contribution in [0.3, 0.4) is 0 Å². The molecule has 9 heteroatoms. The third kappa shape index (κ3) is 2.91. The van der Waals surface area contributed by atoms with Crippen molar-refractivity contribution in [2.75, 3.05) is 25.5 Å². The van der Waals surface area contributed by atoms with E-state index in [9.17, 15) is 4.79 Å². The summed E-state index contributed by atoms with van der Waals surface area (Å²) in [6.45, 7) is 1.02. The number of aromatic nitrogens is 5. The molecule has 1 N–H and O–H groups in total. The van der Waals surface area contributed by atoms with Gasteiger partial charge in [0.15, 0.2) is 0 Å². The van der Waals surface area contributed by atoms with Crippen LogP contribution in [0.1, 0.15) is 21.8 Å². The number of aromatic amines is 1. The Labute approximate surface area is 166 Å². The van der Waals surface area contributed by atoms with Crippen molar-refractivity contribution in [2.24, 2.45) is 0 Å². The summed E-state index contributed by atoms with van der Waals surface area (Å²) in [5.74, 6) is 0.732. The van der Waals surface area contributed by atoms with Crippen LogP contribution in [0.2, 0.25) is 0 Å². The molecule has 4 heterocycles. The van der Waals surface area contributed by atoms with E-state index in [1.54, 1.807) is 17.3 Å². The first-order valence-electron chi connectivity index (χ1n) is 9.31. The first-order valence-corrected chi connectivity index (χ1v) is 9.31. The van der Waals surface area contributed by atoms with E-state index in [4.69, 9.17) is 4.52 Å². The Kier molecular flexibility index (Phi) is 4.01. The van der Waals surface area contributed by atoms with Gasteiger partial charge in [0.05, 0.1) is 11.9 Å². The minimum Gasteiger partial charge on any atom is -0.350 e. The molecule has 1 amide bonds. The highest BCUT2D eigenvalue weighted by Gasteiger charge is 2.29. The molecule has 29 heavy (non-hydrogen) atoms. The predicted molar refractivity (Wildman–Crippen MR) is 106 cm³/mol. The number of nitrogens with zero attached hydrogens (tertiary/aromatic N) is 6. The van der Waals surface area contributed by atoms with E-state index < -0.39 is 0 Å². The van der Waals surface area contributed by atoms with E-state index in [1.807, 2.05) is 43.3 Å². The molecule has 9 nitrogen and oxygen atoms in total. The number of carbonyl (C=O) groups is 1. The number of fused-ring (bicyclic) bond motifs is 2. The third-order valence-electron chi connectivity index (χ3n) is 5.11. The smallest absolute Gasteiger partial charge is 0.293 e. The van der Waals surface area contributed by atoms with Gasteiger partial charge in [0.25, 0.3) is 5.91 Å². The average Bonchev–Trinajstić information content (AvgIpc) is 3.37. The molecular weight excluding hydrogens is 370 g/mol. The zero-order valence-electron chi connectivity index (χ0n) is 16.1. The fourth-order valence-corrected chi connectivity index (χ4v) is 3.57. The monoisotopic (exact) mass is 389 g/mol. The largest absolute Gasteiger partial charge is 0.350 e. The lowest BCUT2D eigenvalue weighted by Crippen LogP contribution is -2.35. The predicted octanol–water partition coefficient (Wildman–Crippen LogP) is 2.27. The second-order valence-electron chi connectivity index (χ2n) is 7.20. The van der Waals surface area contributed by atoms with Gasteiger partial charge >= 0.3 is 0 Å². The number of hydrogen-bond acceptors (Lipinski definition) is 7. The van der Waals surface area contributed by atoms with Crippen LogP contribution >= 0.6 is 0 Å². The van der Waals surface area contributed by atoms with Gasteiger partial charge in [0.2, 0.25) is 11.7 Å². The summed E-state index contributed by atoms with van der Waals surface area (Å²) < 4.78 is 5.36. The van der Waals surface area contributed by atoms with Crippen LogP contribution in [0.4, 0.5) is 5.95 Å². The molecule has 0 atom stereocenters. The zero-order valence-corrected chi connectivity index (χ0v) is 16.1. The fraction of sp³-hybridized carbons (Fsp3) is 0.250. The number of carbonyl (C=O) groups excluding carboxylic acids is 1. The summed E-state index contributed by atoms with van der Waals surface area (Å²) in [5, 5.41) is 12.3. The van der Waals surface area contributed by atoms with E-state index >= 15 is 0 Å². The summed E-state index contributed by atoms with van der Waals surface area (Å²) in [4.78, 5) is 25.4. The molecule has 0 spiro atoms.